The van der Waals surface area contributed by atoms with E-state index < -0.39 is 10.0 Å². The minimum Gasteiger partial charge on any atom is -0.384 e. The first-order chi connectivity index (χ1) is 6.54. The van der Waals surface area contributed by atoms with Gasteiger partial charge >= 0.3 is 0 Å². The Morgan fingerprint density at radius 1 is 1.36 bits per heavy atom. The van der Waals surface area contributed by atoms with E-state index in [1.54, 1.807) is 12.1 Å². The van der Waals surface area contributed by atoms with Crippen LogP contribution in [0.15, 0.2) is 29.2 Å². The Kier molecular flexibility index (Phi) is 3.45. The van der Waals surface area contributed by atoms with Crippen molar-refractivity contribution in [1.29, 1.82) is 0 Å². The standard InChI is InChI=1S/C8H13N3O2S/c9-4-5-11-7-2-1-3-8(6-7)14(10,12)13/h1-3,6,11H,4-5,9H2,(H2,10,12,13). The van der Waals surface area contributed by atoms with Gasteiger partial charge in [0, 0.05) is 18.8 Å². The minimum atomic E-state index is -3.62. The number of benzene rings is 1. The highest BCUT2D eigenvalue weighted by Gasteiger charge is 2.06. The quantitative estimate of drug-likeness (QED) is 0.642. The maximum Gasteiger partial charge on any atom is 0.238 e. The van der Waals surface area contributed by atoms with Crippen molar-refractivity contribution in [2.45, 2.75) is 4.90 Å². The summed E-state index contributed by atoms with van der Waals surface area (Å²) < 4.78 is 22.0. The van der Waals surface area contributed by atoms with Crippen LogP contribution in [0.1, 0.15) is 0 Å². The van der Waals surface area contributed by atoms with Gasteiger partial charge in [-0.05, 0) is 18.2 Å². The topological polar surface area (TPSA) is 98.2 Å². The van der Waals surface area contributed by atoms with Gasteiger partial charge in [-0.2, -0.15) is 0 Å². The van der Waals surface area contributed by atoms with Crippen LogP contribution in [0.5, 0.6) is 0 Å². The predicted octanol–water partition coefficient (Wildman–Crippen LogP) is -0.295. The minimum absolute atomic E-state index is 0.0968. The number of hydrogen-bond donors (Lipinski definition) is 3. The number of rotatable bonds is 4. The Bertz CT molecular complexity index is 403. The molecule has 0 saturated heterocycles. The Morgan fingerprint density at radius 3 is 2.64 bits per heavy atom. The Labute approximate surface area is 83.2 Å². The summed E-state index contributed by atoms with van der Waals surface area (Å²) in [6, 6.07) is 6.30. The largest absolute Gasteiger partial charge is 0.384 e. The molecule has 0 heterocycles. The molecule has 0 aromatic heterocycles. The van der Waals surface area contributed by atoms with Gasteiger partial charge in [-0.15, -0.1) is 0 Å². The lowest BCUT2D eigenvalue weighted by molar-refractivity contribution is 0.598. The average molecular weight is 215 g/mol. The highest BCUT2D eigenvalue weighted by Crippen LogP contribution is 2.13. The second-order valence-electron chi connectivity index (χ2n) is 2.79. The van der Waals surface area contributed by atoms with Gasteiger partial charge in [0.15, 0.2) is 0 Å². The van der Waals surface area contributed by atoms with Crippen molar-refractivity contribution in [3.8, 4) is 0 Å². The molecule has 0 spiro atoms. The summed E-state index contributed by atoms with van der Waals surface area (Å²) in [5.41, 5.74) is 5.99. The van der Waals surface area contributed by atoms with Gasteiger partial charge in [0.05, 0.1) is 4.90 Å². The lowest BCUT2D eigenvalue weighted by Crippen LogP contribution is -2.15. The molecule has 0 aliphatic carbocycles. The molecular formula is C8H13N3O2S. The van der Waals surface area contributed by atoms with E-state index in [-0.39, 0.29) is 4.90 Å². The van der Waals surface area contributed by atoms with Crippen LogP contribution in [0.2, 0.25) is 0 Å². The van der Waals surface area contributed by atoms with Crippen LogP contribution < -0.4 is 16.2 Å². The summed E-state index contributed by atoms with van der Waals surface area (Å²) in [6.45, 7) is 1.08. The van der Waals surface area contributed by atoms with Crippen LogP contribution >= 0.6 is 0 Å². The van der Waals surface area contributed by atoms with E-state index in [9.17, 15) is 8.42 Å². The highest BCUT2D eigenvalue weighted by atomic mass is 32.2. The molecule has 0 radical (unpaired) electrons. The van der Waals surface area contributed by atoms with Crippen LogP contribution in [-0.4, -0.2) is 21.5 Å². The summed E-state index contributed by atoms with van der Waals surface area (Å²) in [7, 11) is -3.62. The molecule has 0 saturated carbocycles. The molecule has 0 amide bonds. The van der Waals surface area contributed by atoms with Crippen molar-refractivity contribution in [3.63, 3.8) is 0 Å². The van der Waals surface area contributed by atoms with Gasteiger partial charge in [-0.25, -0.2) is 13.6 Å². The molecule has 1 aromatic rings. The number of anilines is 1. The molecule has 0 aliphatic rings. The van der Waals surface area contributed by atoms with Crippen molar-refractivity contribution in [2.24, 2.45) is 10.9 Å². The summed E-state index contributed by atoms with van der Waals surface area (Å²) in [5.74, 6) is 0. The van der Waals surface area contributed by atoms with Crippen LogP contribution in [0.3, 0.4) is 0 Å². The number of hydrogen-bond acceptors (Lipinski definition) is 4. The Hall–Kier alpha value is -1.11. The Morgan fingerprint density at radius 2 is 2.07 bits per heavy atom. The van der Waals surface area contributed by atoms with E-state index in [4.69, 9.17) is 10.9 Å². The highest BCUT2D eigenvalue weighted by molar-refractivity contribution is 7.89. The smallest absolute Gasteiger partial charge is 0.238 e. The SMILES string of the molecule is NCCNc1cccc(S(N)(=O)=O)c1. The van der Waals surface area contributed by atoms with Crippen LogP contribution in [-0.2, 0) is 10.0 Å². The lowest BCUT2D eigenvalue weighted by atomic mass is 10.3. The maximum atomic E-state index is 11.0. The first-order valence-electron chi connectivity index (χ1n) is 4.11. The van der Waals surface area contributed by atoms with Crippen LogP contribution in [0, 0.1) is 0 Å². The van der Waals surface area contributed by atoms with Crippen molar-refractivity contribution < 1.29 is 8.42 Å². The molecule has 0 bridgehead atoms. The molecule has 0 aliphatic heterocycles. The van der Waals surface area contributed by atoms with E-state index in [0.717, 1.165) is 0 Å². The monoisotopic (exact) mass is 215 g/mol. The first-order valence-corrected chi connectivity index (χ1v) is 5.65. The van der Waals surface area contributed by atoms with Gasteiger partial charge in [-0.1, -0.05) is 6.07 Å². The fraction of sp³-hybridized carbons (Fsp3) is 0.250. The van der Waals surface area contributed by atoms with E-state index in [1.165, 1.54) is 12.1 Å². The van der Waals surface area contributed by atoms with Crippen LogP contribution in [0.4, 0.5) is 5.69 Å². The lowest BCUT2D eigenvalue weighted by Gasteiger charge is -2.05. The zero-order chi connectivity index (χ0) is 10.6. The normalized spacial score (nSPS) is 11.3. The predicted molar refractivity (Wildman–Crippen MR) is 55.4 cm³/mol. The zero-order valence-electron chi connectivity index (χ0n) is 7.60. The van der Waals surface area contributed by atoms with Crippen molar-refractivity contribution in [1.82, 2.24) is 0 Å². The molecular weight excluding hydrogens is 202 g/mol. The zero-order valence-corrected chi connectivity index (χ0v) is 8.42. The number of primary sulfonamides is 1. The Balaban J connectivity index is 2.90. The summed E-state index contributed by atoms with van der Waals surface area (Å²) >= 11 is 0. The van der Waals surface area contributed by atoms with Gasteiger partial charge in [-0.3, -0.25) is 0 Å². The summed E-state index contributed by atoms with van der Waals surface area (Å²) in [4.78, 5) is 0.0968. The molecule has 0 atom stereocenters. The fourth-order valence-electron chi connectivity index (χ4n) is 1.000. The van der Waals surface area contributed by atoms with Crippen molar-refractivity contribution >= 4 is 15.7 Å². The molecule has 1 aromatic carbocycles. The first kappa shape index (κ1) is 11.0. The average Bonchev–Trinajstić information content (AvgIpc) is 2.14. The molecule has 5 N–H and O–H groups in total. The third kappa shape index (κ3) is 2.99. The van der Waals surface area contributed by atoms with Crippen molar-refractivity contribution in [3.05, 3.63) is 24.3 Å². The molecule has 78 valence electrons. The van der Waals surface area contributed by atoms with E-state index >= 15 is 0 Å². The van der Waals surface area contributed by atoms with Crippen molar-refractivity contribution in [2.75, 3.05) is 18.4 Å². The summed E-state index contributed by atoms with van der Waals surface area (Å²) in [6.07, 6.45) is 0. The van der Waals surface area contributed by atoms with Gasteiger partial charge in [0.1, 0.15) is 0 Å². The molecule has 0 unspecified atom stereocenters. The molecule has 1 rings (SSSR count). The number of nitrogens with one attached hydrogen (secondary N) is 1. The van der Waals surface area contributed by atoms with Gasteiger partial charge < -0.3 is 11.1 Å². The third-order valence-electron chi connectivity index (χ3n) is 1.64. The number of nitrogens with two attached hydrogens (primary N) is 2. The summed E-state index contributed by atoms with van der Waals surface area (Å²) in [5, 5.41) is 7.94. The van der Waals surface area contributed by atoms with E-state index in [2.05, 4.69) is 5.32 Å². The number of sulfonamides is 1. The van der Waals surface area contributed by atoms with E-state index in [0.29, 0.717) is 18.8 Å². The molecule has 5 nitrogen and oxygen atoms in total. The molecule has 6 heteroatoms. The van der Waals surface area contributed by atoms with Gasteiger partial charge in [0.25, 0.3) is 0 Å². The molecule has 14 heavy (non-hydrogen) atoms. The maximum absolute atomic E-state index is 11.0. The van der Waals surface area contributed by atoms with Crippen LogP contribution in [0.25, 0.3) is 0 Å². The fourth-order valence-corrected chi connectivity index (χ4v) is 1.56. The third-order valence-corrected chi connectivity index (χ3v) is 2.55. The van der Waals surface area contributed by atoms with E-state index in [1.807, 2.05) is 0 Å². The second kappa shape index (κ2) is 4.41. The van der Waals surface area contributed by atoms with Gasteiger partial charge in [0.2, 0.25) is 10.0 Å². The second-order valence-corrected chi connectivity index (χ2v) is 4.35. The molecule has 0 fully saturated rings.